The first-order valence-electron chi connectivity index (χ1n) is 5.84. The minimum absolute atomic E-state index is 0.0740. The molecule has 0 fully saturated rings. The number of aliphatic carboxylic acids is 1. The Bertz CT molecular complexity index is 735. The molecule has 1 aromatic carbocycles. The summed E-state index contributed by atoms with van der Waals surface area (Å²) in [6.07, 6.45) is 4.90. The highest BCUT2D eigenvalue weighted by Crippen LogP contribution is 2.24. The summed E-state index contributed by atoms with van der Waals surface area (Å²) in [5, 5.41) is 9.06. The molecule has 5 nitrogen and oxygen atoms in total. The number of benzene rings is 1. The number of imidazole rings is 1. The van der Waals surface area contributed by atoms with Crippen LogP contribution in [0.1, 0.15) is 5.69 Å². The number of nitrogens with zero attached hydrogens (tertiary/aromatic N) is 3. The number of fused-ring (bicyclic) bond motifs is 1. The van der Waals surface area contributed by atoms with Crippen LogP contribution in [0.2, 0.25) is 0 Å². The summed E-state index contributed by atoms with van der Waals surface area (Å²) in [6.45, 7) is 0. The molecule has 0 saturated carbocycles. The maximum Gasteiger partial charge on any atom is 0.309 e. The molecule has 19 heavy (non-hydrogen) atoms. The summed E-state index contributed by atoms with van der Waals surface area (Å²) in [5.41, 5.74) is 2.91. The van der Waals surface area contributed by atoms with Crippen LogP contribution < -0.4 is 0 Å². The van der Waals surface area contributed by atoms with E-state index in [0.29, 0.717) is 17.0 Å². The number of carboxylic acids is 1. The Morgan fingerprint density at radius 2 is 2.05 bits per heavy atom. The molecule has 0 radical (unpaired) electrons. The molecular formula is C14H11N3O2. The zero-order valence-corrected chi connectivity index (χ0v) is 10.0. The molecule has 0 bridgehead atoms. The molecule has 0 unspecified atom stereocenters. The molecule has 94 valence electrons. The molecule has 0 spiro atoms. The number of aromatic nitrogens is 3. The van der Waals surface area contributed by atoms with Crippen molar-refractivity contribution in [1.82, 2.24) is 14.4 Å². The zero-order valence-electron chi connectivity index (χ0n) is 10.0. The van der Waals surface area contributed by atoms with Crippen LogP contribution >= 0.6 is 0 Å². The molecule has 0 amide bonds. The molecule has 1 N–H and O–H groups in total. The Balaban J connectivity index is 2.26. The Kier molecular flexibility index (Phi) is 2.72. The quantitative estimate of drug-likeness (QED) is 0.775. The third-order valence-electron chi connectivity index (χ3n) is 2.90. The maximum atomic E-state index is 11.0. The highest BCUT2D eigenvalue weighted by molar-refractivity contribution is 5.75. The van der Waals surface area contributed by atoms with Crippen LogP contribution in [0.5, 0.6) is 0 Å². The molecule has 5 heteroatoms. The minimum Gasteiger partial charge on any atom is -0.481 e. The van der Waals surface area contributed by atoms with Crippen LogP contribution in [-0.2, 0) is 11.2 Å². The summed E-state index contributed by atoms with van der Waals surface area (Å²) >= 11 is 0. The Morgan fingerprint density at radius 3 is 2.79 bits per heavy atom. The Labute approximate surface area is 109 Å². The Hall–Kier alpha value is -2.69. The number of carbonyl (C=O) groups is 1. The fraction of sp³-hybridized carbons (Fsp3) is 0.0714. The largest absolute Gasteiger partial charge is 0.481 e. The van der Waals surface area contributed by atoms with Gasteiger partial charge in [0.25, 0.3) is 0 Å². The molecule has 0 aliphatic rings. The number of hydrogen-bond acceptors (Lipinski definition) is 3. The molecule has 0 saturated heterocycles. The van der Waals surface area contributed by atoms with E-state index in [2.05, 4.69) is 9.97 Å². The molecule has 3 aromatic rings. The second-order valence-corrected chi connectivity index (χ2v) is 4.15. The lowest BCUT2D eigenvalue weighted by Gasteiger charge is -2.02. The van der Waals surface area contributed by atoms with Crippen molar-refractivity contribution >= 4 is 11.6 Å². The predicted octanol–water partition coefficient (Wildman–Crippen LogP) is 2.02. The first-order valence-corrected chi connectivity index (χ1v) is 5.84. The molecule has 0 aliphatic heterocycles. The molecule has 3 rings (SSSR count). The summed E-state index contributed by atoms with van der Waals surface area (Å²) in [5.74, 6) is -0.879. The molecule has 2 aromatic heterocycles. The summed E-state index contributed by atoms with van der Waals surface area (Å²) < 4.78 is 1.77. The lowest BCUT2D eigenvalue weighted by molar-refractivity contribution is -0.136. The minimum atomic E-state index is -0.879. The average Bonchev–Trinajstić information content (AvgIpc) is 2.78. The van der Waals surface area contributed by atoms with Crippen LogP contribution in [0.4, 0.5) is 0 Å². The normalized spacial score (nSPS) is 10.7. The van der Waals surface area contributed by atoms with Gasteiger partial charge in [-0.05, 0) is 0 Å². The van der Waals surface area contributed by atoms with E-state index in [1.54, 1.807) is 23.0 Å². The summed E-state index contributed by atoms with van der Waals surface area (Å²) in [7, 11) is 0. The van der Waals surface area contributed by atoms with Crippen LogP contribution in [0.25, 0.3) is 16.9 Å². The summed E-state index contributed by atoms with van der Waals surface area (Å²) in [6, 6.07) is 9.56. The standard InChI is InChI=1S/C14H11N3O2/c18-13(19)8-11-14(10-4-2-1-3-5-10)16-12-9-15-6-7-17(11)12/h1-7,9H,8H2,(H,18,19). The molecule has 0 aliphatic carbocycles. The van der Waals surface area contributed by atoms with E-state index in [0.717, 1.165) is 5.56 Å². The van der Waals surface area contributed by atoms with E-state index in [4.69, 9.17) is 5.11 Å². The fourth-order valence-electron chi connectivity index (χ4n) is 2.10. The van der Waals surface area contributed by atoms with Gasteiger partial charge in [0.2, 0.25) is 0 Å². The number of hydrogen-bond donors (Lipinski definition) is 1. The van der Waals surface area contributed by atoms with Crippen LogP contribution in [0.15, 0.2) is 48.9 Å². The average molecular weight is 253 g/mol. The van der Waals surface area contributed by atoms with Gasteiger partial charge in [-0.3, -0.25) is 14.2 Å². The van der Waals surface area contributed by atoms with Gasteiger partial charge in [0.05, 0.1) is 24.0 Å². The van der Waals surface area contributed by atoms with Gasteiger partial charge in [-0.15, -0.1) is 0 Å². The van der Waals surface area contributed by atoms with Crippen molar-refractivity contribution in [2.45, 2.75) is 6.42 Å². The van der Waals surface area contributed by atoms with E-state index in [9.17, 15) is 4.79 Å². The predicted molar refractivity (Wildman–Crippen MR) is 69.8 cm³/mol. The van der Waals surface area contributed by atoms with Crippen molar-refractivity contribution in [3.05, 3.63) is 54.6 Å². The van der Waals surface area contributed by atoms with E-state index in [1.165, 1.54) is 0 Å². The molecule has 0 atom stereocenters. The van der Waals surface area contributed by atoms with Crippen LogP contribution in [-0.4, -0.2) is 25.4 Å². The van der Waals surface area contributed by atoms with E-state index < -0.39 is 5.97 Å². The molecular weight excluding hydrogens is 242 g/mol. The first-order chi connectivity index (χ1) is 9.25. The van der Waals surface area contributed by atoms with Gasteiger partial charge < -0.3 is 5.11 Å². The fourth-order valence-corrected chi connectivity index (χ4v) is 2.10. The second-order valence-electron chi connectivity index (χ2n) is 4.15. The number of rotatable bonds is 3. The van der Waals surface area contributed by atoms with Crippen molar-refractivity contribution in [3.63, 3.8) is 0 Å². The summed E-state index contributed by atoms with van der Waals surface area (Å²) in [4.78, 5) is 19.5. The topological polar surface area (TPSA) is 67.5 Å². The van der Waals surface area contributed by atoms with E-state index in [-0.39, 0.29) is 6.42 Å². The van der Waals surface area contributed by atoms with Gasteiger partial charge in [0, 0.05) is 18.0 Å². The maximum absolute atomic E-state index is 11.0. The van der Waals surface area contributed by atoms with Gasteiger partial charge in [-0.2, -0.15) is 0 Å². The van der Waals surface area contributed by atoms with Gasteiger partial charge >= 0.3 is 5.97 Å². The molecule has 2 heterocycles. The lowest BCUT2D eigenvalue weighted by Crippen LogP contribution is -2.04. The van der Waals surface area contributed by atoms with Crippen molar-refractivity contribution < 1.29 is 9.90 Å². The zero-order chi connectivity index (χ0) is 13.2. The van der Waals surface area contributed by atoms with Gasteiger partial charge in [-0.25, -0.2) is 4.98 Å². The first kappa shape index (κ1) is 11.4. The van der Waals surface area contributed by atoms with Crippen molar-refractivity contribution in [2.75, 3.05) is 0 Å². The SMILES string of the molecule is O=C(O)Cc1c(-c2ccccc2)nc2cnccn12. The highest BCUT2D eigenvalue weighted by Gasteiger charge is 2.16. The monoisotopic (exact) mass is 253 g/mol. The number of carboxylic acid groups (broad SMARTS) is 1. The Morgan fingerprint density at radius 1 is 1.26 bits per heavy atom. The van der Waals surface area contributed by atoms with Crippen molar-refractivity contribution in [3.8, 4) is 11.3 Å². The van der Waals surface area contributed by atoms with Gasteiger partial charge in [-0.1, -0.05) is 30.3 Å². The van der Waals surface area contributed by atoms with Gasteiger partial charge in [0.15, 0.2) is 5.65 Å². The van der Waals surface area contributed by atoms with Gasteiger partial charge in [0.1, 0.15) is 0 Å². The van der Waals surface area contributed by atoms with E-state index >= 15 is 0 Å². The van der Waals surface area contributed by atoms with Crippen LogP contribution in [0.3, 0.4) is 0 Å². The van der Waals surface area contributed by atoms with Crippen LogP contribution in [0, 0.1) is 0 Å². The third-order valence-corrected chi connectivity index (χ3v) is 2.90. The second kappa shape index (κ2) is 4.53. The van der Waals surface area contributed by atoms with Crippen molar-refractivity contribution in [2.24, 2.45) is 0 Å². The van der Waals surface area contributed by atoms with E-state index in [1.807, 2.05) is 30.3 Å². The third kappa shape index (κ3) is 2.06. The van der Waals surface area contributed by atoms with Crippen molar-refractivity contribution in [1.29, 1.82) is 0 Å². The highest BCUT2D eigenvalue weighted by atomic mass is 16.4. The lowest BCUT2D eigenvalue weighted by atomic mass is 10.1. The smallest absolute Gasteiger partial charge is 0.309 e.